The van der Waals surface area contributed by atoms with E-state index >= 15 is 0 Å². The maximum atomic E-state index is 6.44. The van der Waals surface area contributed by atoms with Gasteiger partial charge in [0.1, 0.15) is 12.4 Å². The second-order valence-electron chi connectivity index (χ2n) is 6.03. The van der Waals surface area contributed by atoms with Crippen molar-refractivity contribution >= 4 is 0 Å². The van der Waals surface area contributed by atoms with Gasteiger partial charge in [-0.25, -0.2) is 0 Å². The first-order chi connectivity index (χ1) is 9.25. The van der Waals surface area contributed by atoms with Crippen LogP contribution >= 0.6 is 0 Å². The van der Waals surface area contributed by atoms with Gasteiger partial charge in [0.25, 0.3) is 0 Å². The number of hydrogen-bond donors (Lipinski definition) is 1. The van der Waals surface area contributed by atoms with Crippen LogP contribution in [0.1, 0.15) is 37.3 Å². The maximum absolute atomic E-state index is 6.44. The summed E-state index contributed by atoms with van der Waals surface area (Å²) in [6.45, 7) is 1.87. The summed E-state index contributed by atoms with van der Waals surface area (Å²) in [6.07, 6.45) is 5.55. The zero-order valence-corrected chi connectivity index (χ0v) is 11.7. The third-order valence-corrected chi connectivity index (χ3v) is 4.69. The lowest BCUT2D eigenvalue weighted by molar-refractivity contribution is 0.106. The van der Waals surface area contributed by atoms with Gasteiger partial charge in [0.15, 0.2) is 0 Å². The summed E-state index contributed by atoms with van der Waals surface area (Å²) >= 11 is 0. The number of likely N-dealkylation sites (N-methyl/N-ethyl adjacent to an activating group) is 1. The molecule has 1 aliphatic carbocycles. The van der Waals surface area contributed by atoms with Crippen molar-refractivity contribution < 1.29 is 4.74 Å². The molecule has 1 saturated carbocycles. The molecule has 19 heavy (non-hydrogen) atoms. The van der Waals surface area contributed by atoms with Crippen molar-refractivity contribution in [1.29, 1.82) is 0 Å². The van der Waals surface area contributed by atoms with Gasteiger partial charge in [-0.2, -0.15) is 0 Å². The highest BCUT2D eigenvalue weighted by Crippen LogP contribution is 2.33. The third kappa shape index (κ3) is 2.63. The Balaban J connectivity index is 1.68. The van der Waals surface area contributed by atoms with Gasteiger partial charge in [-0.3, -0.25) is 4.90 Å². The molecule has 1 fully saturated rings. The predicted molar refractivity (Wildman–Crippen MR) is 77.2 cm³/mol. The molecule has 0 saturated heterocycles. The van der Waals surface area contributed by atoms with E-state index in [9.17, 15) is 0 Å². The van der Waals surface area contributed by atoms with E-state index in [0.29, 0.717) is 12.6 Å². The smallest absolute Gasteiger partial charge is 0.124 e. The molecule has 2 atom stereocenters. The monoisotopic (exact) mass is 260 g/mol. The highest BCUT2D eigenvalue weighted by atomic mass is 16.5. The minimum Gasteiger partial charge on any atom is -0.492 e. The Kier molecular flexibility index (Phi) is 3.76. The molecule has 3 nitrogen and oxygen atoms in total. The maximum Gasteiger partial charge on any atom is 0.124 e. The van der Waals surface area contributed by atoms with Crippen LogP contribution < -0.4 is 10.5 Å². The Morgan fingerprint density at radius 1 is 1.26 bits per heavy atom. The van der Waals surface area contributed by atoms with Gasteiger partial charge in [-0.15, -0.1) is 0 Å². The van der Waals surface area contributed by atoms with Crippen LogP contribution in [-0.2, 0) is 0 Å². The standard InChI is InChI=1S/C16H24N2O/c1-18(10-12-6-2-3-7-12)14-11-19-15-9-5-4-8-13(15)16(14)17/h4-5,8-9,12,14,16H,2-3,6-7,10-11,17H2,1H3. The molecule has 3 rings (SSSR count). The Morgan fingerprint density at radius 2 is 2.00 bits per heavy atom. The summed E-state index contributed by atoms with van der Waals surface area (Å²) < 4.78 is 5.87. The lowest BCUT2D eigenvalue weighted by Crippen LogP contribution is -2.48. The Morgan fingerprint density at radius 3 is 2.79 bits per heavy atom. The van der Waals surface area contributed by atoms with E-state index < -0.39 is 0 Å². The lowest BCUT2D eigenvalue weighted by Gasteiger charge is -2.38. The second kappa shape index (κ2) is 5.51. The third-order valence-electron chi connectivity index (χ3n) is 4.69. The van der Waals surface area contributed by atoms with Gasteiger partial charge in [0.05, 0.1) is 12.1 Å². The second-order valence-corrected chi connectivity index (χ2v) is 6.03. The molecule has 0 bridgehead atoms. The number of benzene rings is 1. The summed E-state index contributed by atoms with van der Waals surface area (Å²) in [6, 6.07) is 8.53. The van der Waals surface area contributed by atoms with E-state index in [4.69, 9.17) is 10.5 Å². The molecule has 0 amide bonds. The molecule has 104 valence electrons. The summed E-state index contributed by atoms with van der Waals surface area (Å²) in [7, 11) is 2.19. The first-order valence-electron chi connectivity index (χ1n) is 7.43. The van der Waals surface area contributed by atoms with Crippen LogP contribution in [0.15, 0.2) is 24.3 Å². The zero-order valence-electron chi connectivity index (χ0n) is 11.7. The molecule has 2 aliphatic rings. The van der Waals surface area contributed by atoms with Crippen molar-refractivity contribution in [2.45, 2.75) is 37.8 Å². The fourth-order valence-electron chi connectivity index (χ4n) is 3.51. The fourth-order valence-corrected chi connectivity index (χ4v) is 3.51. The fraction of sp³-hybridized carbons (Fsp3) is 0.625. The number of fused-ring (bicyclic) bond motifs is 1. The molecular weight excluding hydrogens is 236 g/mol. The number of nitrogens with zero attached hydrogens (tertiary/aromatic N) is 1. The minimum atomic E-state index is 0.0661. The van der Waals surface area contributed by atoms with Gasteiger partial charge in [0.2, 0.25) is 0 Å². The molecule has 1 heterocycles. The van der Waals surface area contributed by atoms with E-state index in [1.165, 1.54) is 25.7 Å². The normalized spacial score (nSPS) is 27.3. The number of hydrogen-bond acceptors (Lipinski definition) is 3. The van der Waals surface area contributed by atoms with E-state index in [2.05, 4.69) is 18.0 Å². The highest BCUT2D eigenvalue weighted by Gasteiger charge is 2.32. The molecule has 0 radical (unpaired) electrons. The van der Waals surface area contributed by atoms with Gasteiger partial charge in [0, 0.05) is 12.1 Å². The van der Waals surface area contributed by atoms with Gasteiger partial charge in [-0.05, 0) is 31.9 Å². The quantitative estimate of drug-likeness (QED) is 0.907. The molecule has 0 aromatic heterocycles. The van der Waals surface area contributed by atoms with E-state index in [-0.39, 0.29) is 6.04 Å². The van der Waals surface area contributed by atoms with Crippen LogP contribution in [-0.4, -0.2) is 31.1 Å². The first-order valence-corrected chi connectivity index (χ1v) is 7.43. The molecule has 0 spiro atoms. The van der Waals surface area contributed by atoms with Gasteiger partial charge >= 0.3 is 0 Å². The summed E-state index contributed by atoms with van der Waals surface area (Å²) in [5, 5.41) is 0. The molecule has 2 unspecified atom stereocenters. The molecule has 1 aliphatic heterocycles. The predicted octanol–water partition coefficient (Wildman–Crippen LogP) is 2.57. The summed E-state index contributed by atoms with van der Waals surface area (Å²) in [5.74, 6) is 1.81. The molecule has 1 aromatic rings. The number of ether oxygens (including phenoxy) is 1. The van der Waals surface area contributed by atoms with Crippen LogP contribution in [0.5, 0.6) is 5.75 Å². The Bertz CT molecular complexity index is 429. The van der Waals surface area contributed by atoms with E-state index in [0.717, 1.165) is 23.8 Å². The number of rotatable bonds is 3. The molecular formula is C16H24N2O. The first kappa shape index (κ1) is 12.9. The van der Waals surface area contributed by atoms with E-state index in [1.54, 1.807) is 0 Å². The molecule has 1 aromatic carbocycles. The van der Waals surface area contributed by atoms with Gasteiger partial charge in [-0.1, -0.05) is 31.0 Å². The van der Waals surface area contributed by atoms with Crippen molar-refractivity contribution in [1.82, 2.24) is 4.90 Å². The van der Waals surface area contributed by atoms with Gasteiger partial charge < -0.3 is 10.5 Å². The van der Waals surface area contributed by atoms with Crippen LogP contribution in [0, 0.1) is 5.92 Å². The SMILES string of the molecule is CN(CC1CCCC1)C1COc2ccccc2C1N. The average Bonchev–Trinajstić information content (AvgIpc) is 2.92. The van der Waals surface area contributed by atoms with Crippen LogP contribution in [0.2, 0.25) is 0 Å². The van der Waals surface area contributed by atoms with Crippen molar-refractivity contribution in [2.75, 3.05) is 20.2 Å². The van der Waals surface area contributed by atoms with Crippen LogP contribution in [0.25, 0.3) is 0 Å². The van der Waals surface area contributed by atoms with E-state index in [1.807, 2.05) is 18.2 Å². The number of nitrogens with two attached hydrogens (primary N) is 1. The van der Waals surface area contributed by atoms with Crippen molar-refractivity contribution in [2.24, 2.45) is 11.7 Å². The van der Waals surface area contributed by atoms with Crippen LogP contribution in [0.3, 0.4) is 0 Å². The highest BCUT2D eigenvalue weighted by molar-refractivity contribution is 5.38. The van der Waals surface area contributed by atoms with Crippen molar-refractivity contribution in [3.05, 3.63) is 29.8 Å². The zero-order chi connectivity index (χ0) is 13.2. The summed E-state index contributed by atoms with van der Waals surface area (Å²) in [4.78, 5) is 2.41. The molecule has 3 heteroatoms. The van der Waals surface area contributed by atoms with Crippen LogP contribution in [0.4, 0.5) is 0 Å². The minimum absolute atomic E-state index is 0.0661. The largest absolute Gasteiger partial charge is 0.492 e. The number of para-hydroxylation sites is 1. The summed E-state index contributed by atoms with van der Waals surface area (Å²) in [5.41, 5.74) is 7.59. The Hall–Kier alpha value is -1.06. The lowest BCUT2D eigenvalue weighted by atomic mass is 9.95. The van der Waals surface area contributed by atoms with Crippen molar-refractivity contribution in [3.8, 4) is 5.75 Å². The van der Waals surface area contributed by atoms with Crippen molar-refractivity contribution in [3.63, 3.8) is 0 Å². The Labute approximate surface area is 115 Å². The average molecular weight is 260 g/mol. The topological polar surface area (TPSA) is 38.5 Å². The molecule has 2 N–H and O–H groups in total.